The summed E-state index contributed by atoms with van der Waals surface area (Å²) in [5.41, 5.74) is 1.57. The van der Waals surface area contributed by atoms with Gasteiger partial charge < -0.3 is 10.1 Å². The van der Waals surface area contributed by atoms with Gasteiger partial charge in [-0.3, -0.25) is 14.7 Å². The van der Waals surface area contributed by atoms with Crippen molar-refractivity contribution in [3.8, 4) is 0 Å². The zero-order valence-corrected chi connectivity index (χ0v) is 11.9. The summed E-state index contributed by atoms with van der Waals surface area (Å²) in [6.07, 6.45) is 0. The van der Waals surface area contributed by atoms with Crippen LogP contribution in [0, 0.1) is 6.92 Å². The fourth-order valence-electron chi connectivity index (χ4n) is 1.90. The molecule has 0 aromatic carbocycles. The van der Waals surface area contributed by atoms with Crippen LogP contribution in [0.25, 0.3) is 0 Å². The molecule has 0 radical (unpaired) electrons. The third kappa shape index (κ3) is 4.19. The SMILES string of the molecule is Cc1cccc(C(S)C(=O)NCN2CCOCC2)n1. The predicted octanol–water partition coefficient (Wildman–Crippen LogP) is 0.767. The van der Waals surface area contributed by atoms with E-state index < -0.39 is 5.25 Å². The molecule has 6 heteroatoms. The Balaban J connectivity index is 1.85. The van der Waals surface area contributed by atoms with Crippen molar-refractivity contribution in [3.63, 3.8) is 0 Å². The number of carbonyl (C=O) groups excluding carboxylic acids is 1. The van der Waals surface area contributed by atoms with Crippen molar-refractivity contribution in [2.75, 3.05) is 33.0 Å². The normalized spacial score (nSPS) is 18.0. The summed E-state index contributed by atoms with van der Waals surface area (Å²) in [5, 5.41) is 2.36. The number of pyridine rings is 1. The van der Waals surface area contributed by atoms with E-state index in [1.165, 1.54) is 0 Å². The minimum atomic E-state index is -0.527. The Kier molecular flexibility index (Phi) is 5.18. The number of aromatic nitrogens is 1. The number of aryl methyl sites for hydroxylation is 1. The number of rotatable bonds is 4. The van der Waals surface area contributed by atoms with Crippen LogP contribution in [0.15, 0.2) is 18.2 Å². The van der Waals surface area contributed by atoms with E-state index in [1.54, 1.807) is 0 Å². The van der Waals surface area contributed by atoms with E-state index in [4.69, 9.17) is 4.74 Å². The lowest BCUT2D eigenvalue weighted by Gasteiger charge is -2.27. The van der Waals surface area contributed by atoms with Gasteiger partial charge in [-0.25, -0.2) is 0 Å². The molecule has 0 aliphatic carbocycles. The van der Waals surface area contributed by atoms with Crippen LogP contribution in [0.2, 0.25) is 0 Å². The highest BCUT2D eigenvalue weighted by atomic mass is 32.1. The van der Waals surface area contributed by atoms with E-state index in [9.17, 15) is 4.79 Å². The fourth-order valence-corrected chi connectivity index (χ4v) is 2.13. The number of hydrogen-bond acceptors (Lipinski definition) is 5. The highest BCUT2D eigenvalue weighted by Crippen LogP contribution is 2.17. The van der Waals surface area contributed by atoms with Crippen LogP contribution in [0.5, 0.6) is 0 Å². The molecule has 1 aliphatic heterocycles. The van der Waals surface area contributed by atoms with Crippen molar-refractivity contribution < 1.29 is 9.53 Å². The molecule has 5 nitrogen and oxygen atoms in total. The van der Waals surface area contributed by atoms with Crippen molar-refractivity contribution in [2.45, 2.75) is 12.2 Å². The standard InChI is InChI=1S/C13H19N3O2S/c1-10-3-2-4-11(15-10)12(19)13(17)14-9-16-5-7-18-8-6-16/h2-4,12,19H,5-9H2,1H3,(H,14,17). The third-order valence-corrected chi connectivity index (χ3v) is 3.52. The van der Waals surface area contributed by atoms with Gasteiger partial charge in [0.1, 0.15) is 5.25 Å². The summed E-state index contributed by atoms with van der Waals surface area (Å²) in [6, 6.07) is 5.60. The average Bonchev–Trinajstić information content (AvgIpc) is 2.45. The number of thiol groups is 1. The van der Waals surface area contributed by atoms with Crippen LogP contribution >= 0.6 is 12.6 Å². The molecule has 1 unspecified atom stereocenters. The number of hydrogen-bond donors (Lipinski definition) is 2. The monoisotopic (exact) mass is 281 g/mol. The summed E-state index contributed by atoms with van der Waals surface area (Å²) in [6.45, 7) is 5.57. The molecule has 2 heterocycles. The molecule has 1 N–H and O–H groups in total. The van der Waals surface area contributed by atoms with Crippen molar-refractivity contribution in [2.24, 2.45) is 0 Å². The molecule has 1 aliphatic rings. The number of amides is 1. The lowest BCUT2D eigenvalue weighted by atomic mass is 10.2. The van der Waals surface area contributed by atoms with Gasteiger partial charge in [-0.05, 0) is 19.1 Å². The summed E-state index contributed by atoms with van der Waals surface area (Å²) in [4.78, 5) is 18.5. The molecule has 1 fully saturated rings. The summed E-state index contributed by atoms with van der Waals surface area (Å²) in [7, 11) is 0. The first kappa shape index (κ1) is 14.3. The maximum Gasteiger partial charge on any atom is 0.239 e. The highest BCUT2D eigenvalue weighted by Gasteiger charge is 2.18. The fraction of sp³-hybridized carbons (Fsp3) is 0.538. The number of nitrogens with one attached hydrogen (secondary N) is 1. The topological polar surface area (TPSA) is 54.5 Å². The molecular weight excluding hydrogens is 262 g/mol. The lowest BCUT2D eigenvalue weighted by molar-refractivity contribution is -0.121. The van der Waals surface area contributed by atoms with Gasteiger partial charge in [-0.15, -0.1) is 0 Å². The van der Waals surface area contributed by atoms with Gasteiger partial charge in [-0.1, -0.05) is 6.07 Å². The van der Waals surface area contributed by atoms with E-state index in [1.807, 2.05) is 25.1 Å². The first-order chi connectivity index (χ1) is 9.16. The maximum absolute atomic E-state index is 12.0. The number of carbonyl (C=O) groups is 1. The van der Waals surface area contributed by atoms with Gasteiger partial charge in [-0.2, -0.15) is 12.6 Å². The highest BCUT2D eigenvalue weighted by molar-refractivity contribution is 7.81. The first-order valence-corrected chi connectivity index (χ1v) is 6.88. The van der Waals surface area contributed by atoms with Crippen molar-refractivity contribution >= 4 is 18.5 Å². The van der Waals surface area contributed by atoms with Gasteiger partial charge in [0.05, 0.1) is 25.6 Å². The Hall–Kier alpha value is -1.11. The number of morpholine rings is 1. The second kappa shape index (κ2) is 6.88. The molecule has 0 spiro atoms. The van der Waals surface area contributed by atoms with Crippen LogP contribution in [0.3, 0.4) is 0 Å². The maximum atomic E-state index is 12.0. The second-order valence-corrected chi connectivity index (χ2v) is 5.05. The van der Waals surface area contributed by atoms with Gasteiger partial charge in [0.2, 0.25) is 5.91 Å². The summed E-state index contributed by atoms with van der Waals surface area (Å²) in [5.74, 6) is -0.118. The molecule has 1 amide bonds. The van der Waals surface area contributed by atoms with Gasteiger partial charge in [0, 0.05) is 18.8 Å². The Bertz CT molecular complexity index is 436. The van der Waals surface area contributed by atoms with Crippen molar-refractivity contribution in [1.29, 1.82) is 0 Å². The minimum Gasteiger partial charge on any atom is -0.379 e. The molecule has 1 saturated heterocycles. The second-order valence-electron chi connectivity index (χ2n) is 4.54. The van der Waals surface area contributed by atoms with Crippen molar-refractivity contribution in [3.05, 3.63) is 29.6 Å². The molecular formula is C13H19N3O2S. The molecule has 1 atom stereocenters. The van der Waals surface area contributed by atoms with Gasteiger partial charge >= 0.3 is 0 Å². The average molecular weight is 281 g/mol. The Morgan fingerprint density at radius 3 is 2.95 bits per heavy atom. The minimum absolute atomic E-state index is 0.118. The largest absolute Gasteiger partial charge is 0.379 e. The van der Waals surface area contributed by atoms with Crippen LogP contribution in [0.1, 0.15) is 16.6 Å². The lowest BCUT2D eigenvalue weighted by Crippen LogP contribution is -2.44. The van der Waals surface area contributed by atoms with Crippen LogP contribution in [-0.2, 0) is 9.53 Å². The van der Waals surface area contributed by atoms with Crippen molar-refractivity contribution in [1.82, 2.24) is 15.2 Å². The Labute approximate surface area is 118 Å². The molecule has 1 aromatic heterocycles. The molecule has 0 saturated carbocycles. The van der Waals surface area contributed by atoms with E-state index in [2.05, 4.69) is 27.8 Å². The van der Waals surface area contributed by atoms with E-state index in [0.717, 1.165) is 32.0 Å². The van der Waals surface area contributed by atoms with Crippen LogP contribution in [0.4, 0.5) is 0 Å². The smallest absolute Gasteiger partial charge is 0.239 e. The van der Waals surface area contributed by atoms with Gasteiger partial charge in [0.15, 0.2) is 0 Å². The van der Waals surface area contributed by atoms with E-state index in [-0.39, 0.29) is 5.91 Å². The van der Waals surface area contributed by atoms with Gasteiger partial charge in [0.25, 0.3) is 0 Å². The molecule has 19 heavy (non-hydrogen) atoms. The Morgan fingerprint density at radius 2 is 2.26 bits per heavy atom. The van der Waals surface area contributed by atoms with E-state index in [0.29, 0.717) is 12.4 Å². The zero-order chi connectivity index (χ0) is 13.7. The quantitative estimate of drug-likeness (QED) is 0.800. The number of nitrogens with zero attached hydrogens (tertiary/aromatic N) is 2. The van der Waals surface area contributed by atoms with E-state index >= 15 is 0 Å². The van der Waals surface area contributed by atoms with Crippen LogP contribution < -0.4 is 5.32 Å². The van der Waals surface area contributed by atoms with Crippen LogP contribution in [-0.4, -0.2) is 48.8 Å². The first-order valence-electron chi connectivity index (χ1n) is 6.36. The zero-order valence-electron chi connectivity index (χ0n) is 11.0. The molecule has 1 aromatic rings. The summed E-state index contributed by atoms with van der Waals surface area (Å²) >= 11 is 4.34. The molecule has 0 bridgehead atoms. The third-order valence-electron chi connectivity index (χ3n) is 3.02. The molecule has 2 rings (SSSR count). The number of ether oxygens (including phenoxy) is 1. The predicted molar refractivity (Wildman–Crippen MR) is 76.1 cm³/mol. The Morgan fingerprint density at radius 1 is 1.53 bits per heavy atom. The molecule has 104 valence electrons. The summed E-state index contributed by atoms with van der Waals surface area (Å²) < 4.78 is 5.26.